The van der Waals surface area contributed by atoms with E-state index in [1.54, 1.807) is 29.5 Å². The van der Waals surface area contributed by atoms with Crippen molar-refractivity contribution in [3.63, 3.8) is 0 Å². The van der Waals surface area contributed by atoms with E-state index in [2.05, 4.69) is 16.0 Å². The zero-order valence-corrected chi connectivity index (χ0v) is 21.2. The highest BCUT2D eigenvalue weighted by Crippen LogP contribution is 2.30. The number of nitrogens with one attached hydrogen (secondary N) is 3. The van der Waals surface area contributed by atoms with Gasteiger partial charge in [0.25, 0.3) is 5.91 Å². The lowest BCUT2D eigenvalue weighted by molar-refractivity contribution is -0.138. The van der Waals surface area contributed by atoms with Crippen molar-refractivity contribution in [3.05, 3.63) is 71.1 Å². The van der Waals surface area contributed by atoms with Gasteiger partial charge in [-0.2, -0.15) is 0 Å². The molecule has 0 radical (unpaired) electrons. The number of hydrogen-bond donors (Lipinski definition) is 4. The third kappa shape index (κ3) is 6.10. The fourth-order valence-electron chi connectivity index (χ4n) is 4.30. The van der Waals surface area contributed by atoms with Gasteiger partial charge < -0.3 is 26.6 Å². The van der Waals surface area contributed by atoms with E-state index in [0.717, 1.165) is 29.1 Å². The third-order valence-electron chi connectivity index (χ3n) is 6.22. The van der Waals surface area contributed by atoms with Crippen molar-refractivity contribution in [2.45, 2.75) is 32.4 Å². The van der Waals surface area contributed by atoms with E-state index in [4.69, 9.17) is 5.73 Å². The van der Waals surface area contributed by atoms with Crippen LogP contribution in [0.2, 0.25) is 0 Å². The minimum absolute atomic E-state index is 0.0549. The van der Waals surface area contributed by atoms with Crippen LogP contribution in [0.3, 0.4) is 0 Å². The van der Waals surface area contributed by atoms with E-state index in [9.17, 15) is 14.4 Å². The lowest BCUT2D eigenvalue weighted by Gasteiger charge is -2.36. The minimum Gasteiger partial charge on any atom is -0.397 e. The largest absolute Gasteiger partial charge is 0.397 e. The molecular formula is C27H31N5O3S. The molecule has 0 aliphatic carbocycles. The summed E-state index contributed by atoms with van der Waals surface area (Å²) < 4.78 is 0. The predicted molar refractivity (Wildman–Crippen MR) is 144 cm³/mol. The molecule has 2 aromatic carbocycles. The zero-order chi connectivity index (χ0) is 25.7. The summed E-state index contributed by atoms with van der Waals surface area (Å²) in [5.41, 5.74) is 9.44. The number of piperazine rings is 1. The molecule has 3 amide bonds. The first kappa shape index (κ1) is 25.4. The number of thiophene rings is 1. The first-order valence-corrected chi connectivity index (χ1v) is 12.8. The van der Waals surface area contributed by atoms with Crippen molar-refractivity contribution in [2.24, 2.45) is 0 Å². The molecule has 3 aromatic rings. The van der Waals surface area contributed by atoms with Crippen LogP contribution in [-0.4, -0.2) is 54.3 Å². The number of rotatable bonds is 7. The van der Waals surface area contributed by atoms with Gasteiger partial charge in [-0.1, -0.05) is 24.3 Å². The van der Waals surface area contributed by atoms with Crippen LogP contribution in [0.1, 0.15) is 29.8 Å². The topological polar surface area (TPSA) is 117 Å². The Balaban J connectivity index is 1.45. The van der Waals surface area contributed by atoms with Gasteiger partial charge in [-0.05, 0) is 53.8 Å². The van der Waals surface area contributed by atoms with Crippen molar-refractivity contribution >= 4 is 40.4 Å². The van der Waals surface area contributed by atoms with Gasteiger partial charge >= 0.3 is 0 Å². The Morgan fingerprint density at radius 2 is 1.94 bits per heavy atom. The Morgan fingerprint density at radius 1 is 1.17 bits per heavy atom. The standard InChI is InChI=1S/C27H31N5O3S/c1-17-16-29-11-12-32(17)27(35)24(30-18(2)33)14-19-5-7-20(8-6-19)26(34)31-23-15-21(9-10-22(23)28)25-4-3-13-36-25/h3-10,13,15,17,24,29H,11-12,14,16,28H2,1-2H3,(H,30,33)(H,31,34)/t17?,24-/m0/s1. The molecule has 1 saturated heterocycles. The molecular weight excluding hydrogens is 474 g/mol. The number of anilines is 2. The molecule has 0 spiro atoms. The molecule has 1 fully saturated rings. The Kier molecular flexibility index (Phi) is 8.02. The summed E-state index contributed by atoms with van der Waals surface area (Å²) in [6.45, 7) is 5.46. The van der Waals surface area contributed by atoms with Gasteiger partial charge in [0.15, 0.2) is 0 Å². The third-order valence-corrected chi connectivity index (χ3v) is 7.14. The molecule has 1 unspecified atom stereocenters. The highest BCUT2D eigenvalue weighted by molar-refractivity contribution is 7.13. The summed E-state index contributed by atoms with van der Waals surface area (Å²) in [5, 5.41) is 11.0. The molecule has 9 heteroatoms. The number of nitrogen functional groups attached to an aromatic ring is 1. The van der Waals surface area contributed by atoms with E-state index in [1.807, 2.05) is 53.6 Å². The molecule has 2 atom stereocenters. The zero-order valence-electron chi connectivity index (χ0n) is 20.4. The molecule has 0 saturated carbocycles. The van der Waals surface area contributed by atoms with E-state index in [-0.39, 0.29) is 23.8 Å². The van der Waals surface area contributed by atoms with Crippen molar-refractivity contribution in [3.8, 4) is 10.4 Å². The Bertz CT molecular complexity index is 1230. The highest BCUT2D eigenvalue weighted by atomic mass is 32.1. The average molecular weight is 506 g/mol. The molecule has 188 valence electrons. The van der Waals surface area contributed by atoms with Gasteiger partial charge in [-0.25, -0.2) is 0 Å². The Morgan fingerprint density at radius 3 is 2.61 bits per heavy atom. The lowest BCUT2D eigenvalue weighted by Crippen LogP contribution is -2.58. The first-order chi connectivity index (χ1) is 17.3. The monoisotopic (exact) mass is 505 g/mol. The number of hydrogen-bond acceptors (Lipinski definition) is 6. The quantitative estimate of drug-likeness (QED) is 0.368. The fourth-order valence-corrected chi connectivity index (χ4v) is 5.02. The molecule has 8 nitrogen and oxygen atoms in total. The predicted octanol–water partition coefficient (Wildman–Crippen LogP) is 3.12. The average Bonchev–Trinajstić information content (AvgIpc) is 3.40. The van der Waals surface area contributed by atoms with Gasteiger partial charge in [0.2, 0.25) is 11.8 Å². The summed E-state index contributed by atoms with van der Waals surface area (Å²) in [7, 11) is 0. The molecule has 5 N–H and O–H groups in total. The van der Waals surface area contributed by atoms with Crippen LogP contribution in [0, 0.1) is 0 Å². The summed E-state index contributed by atoms with van der Waals surface area (Å²) in [6.07, 6.45) is 0.340. The second kappa shape index (κ2) is 11.4. The summed E-state index contributed by atoms with van der Waals surface area (Å²) >= 11 is 1.62. The van der Waals surface area contributed by atoms with E-state index in [1.165, 1.54) is 6.92 Å². The summed E-state index contributed by atoms with van der Waals surface area (Å²) in [4.78, 5) is 40.8. The van der Waals surface area contributed by atoms with Gasteiger partial charge in [0, 0.05) is 49.5 Å². The van der Waals surface area contributed by atoms with Crippen LogP contribution >= 0.6 is 11.3 Å². The SMILES string of the molecule is CC(=O)N[C@@H](Cc1ccc(C(=O)Nc2cc(-c3cccs3)ccc2N)cc1)C(=O)N1CCNCC1C. The smallest absolute Gasteiger partial charge is 0.255 e. The Hall–Kier alpha value is -3.69. The molecule has 1 aliphatic heterocycles. The number of nitrogens with two attached hydrogens (primary N) is 1. The van der Waals surface area contributed by atoms with Crippen LogP contribution in [0.4, 0.5) is 11.4 Å². The van der Waals surface area contributed by atoms with Crippen molar-refractivity contribution < 1.29 is 14.4 Å². The minimum atomic E-state index is -0.664. The van der Waals surface area contributed by atoms with Crippen LogP contribution in [-0.2, 0) is 16.0 Å². The van der Waals surface area contributed by atoms with Crippen LogP contribution in [0.15, 0.2) is 60.0 Å². The first-order valence-electron chi connectivity index (χ1n) is 11.9. The van der Waals surface area contributed by atoms with Gasteiger partial charge in [0.1, 0.15) is 6.04 Å². The summed E-state index contributed by atoms with van der Waals surface area (Å²) in [6, 6.07) is 16.0. The number of amides is 3. The molecule has 0 bridgehead atoms. The van der Waals surface area contributed by atoms with Crippen molar-refractivity contribution in [1.82, 2.24) is 15.5 Å². The van der Waals surface area contributed by atoms with Gasteiger partial charge in [-0.3, -0.25) is 14.4 Å². The molecule has 2 heterocycles. The molecule has 4 rings (SSSR count). The van der Waals surface area contributed by atoms with E-state index >= 15 is 0 Å². The van der Waals surface area contributed by atoms with Crippen molar-refractivity contribution in [2.75, 3.05) is 30.7 Å². The van der Waals surface area contributed by atoms with E-state index < -0.39 is 6.04 Å². The maximum Gasteiger partial charge on any atom is 0.255 e. The maximum absolute atomic E-state index is 13.2. The lowest BCUT2D eigenvalue weighted by atomic mass is 10.0. The maximum atomic E-state index is 13.2. The van der Waals surface area contributed by atoms with E-state index in [0.29, 0.717) is 29.9 Å². The van der Waals surface area contributed by atoms with Crippen LogP contribution < -0.4 is 21.7 Å². The fraction of sp³-hybridized carbons (Fsp3) is 0.296. The normalized spacial score (nSPS) is 16.3. The number of nitrogens with zero attached hydrogens (tertiary/aromatic N) is 1. The number of carbonyl (C=O) groups excluding carboxylic acids is 3. The van der Waals surface area contributed by atoms with Crippen LogP contribution in [0.25, 0.3) is 10.4 Å². The number of benzene rings is 2. The summed E-state index contributed by atoms with van der Waals surface area (Å²) in [5.74, 6) is -0.627. The molecule has 1 aliphatic rings. The molecule has 1 aromatic heterocycles. The Labute approximate surface area is 214 Å². The van der Waals surface area contributed by atoms with Gasteiger partial charge in [-0.15, -0.1) is 11.3 Å². The second-order valence-electron chi connectivity index (χ2n) is 8.97. The van der Waals surface area contributed by atoms with Crippen molar-refractivity contribution in [1.29, 1.82) is 0 Å². The van der Waals surface area contributed by atoms with Crippen LogP contribution in [0.5, 0.6) is 0 Å². The number of carbonyl (C=O) groups is 3. The highest BCUT2D eigenvalue weighted by Gasteiger charge is 2.30. The second-order valence-corrected chi connectivity index (χ2v) is 9.92. The van der Waals surface area contributed by atoms with Gasteiger partial charge in [0.05, 0.1) is 11.4 Å². The molecule has 36 heavy (non-hydrogen) atoms.